The van der Waals surface area contributed by atoms with E-state index in [1.54, 1.807) is 25.1 Å². The van der Waals surface area contributed by atoms with Crippen molar-refractivity contribution in [3.63, 3.8) is 0 Å². The molecule has 0 fully saturated rings. The monoisotopic (exact) mass is 524 g/mol. The molecule has 0 atom stereocenters. The second kappa shape index (κ2) is 12.6. The first-order valence-corrected chi connectivity index (χ1v) is 11.6. The number of halogens is 1. The van der Waals surface area contributed by atoms with Crippen LogP contribution in [0.15, 0.2) is 77.3 Å². The summed E-state index contributed by atoms with van der Waals surface area (Å²) in [5, 5.41) is 5.74. The van der Waals surface area contributed by atoms with Gasteiger partial charge in [0, 0.05) is 28.7 Å². The number of carbonyl (C=O) groups is 3. The zero-order valence-electron chi connectivity index (χ0n) is 18.7. The van der Waals surface area contributed by atoms with Crippen LogP contribution in [-0.2, 0) is 22.5 Å². The standard InChI is InChI=1S/C26H25BrN2O5/c1-2-33-26(32)34-23-13-9-20(10-14-23)25(31)29-22-5-3-4-19(16-22)17-28-24(30)15-8-18-6-11-21(27)12-7-18/h3-7,9-14,16H,2,8,15,17H2,1H3,(H,28,30)(H,29,31). The van der Waals surface area contributed by atoms with E-state index in [4.69, 9.17) is 9.47 Å². The van der Waals surface area contributed by atoms with E-state index in [1.807, 2.05) is 42.5 Å². The molecule has 7 nitrogen and oxygen atoms in total. The number of rotatable bonds is 9. The molecule has 8 heteroatoms. The highest BCUT2D eigenvalue weighted by molar-refractivity contribution is 9.10. The zero-order valence-corrected chi connectivity index (χ0v) is 20.3. The van der Waals surface area contributed by atoms with Crippen molar-refractivity contribution in [2.24, 2.45) is 0 Å². The molecule has 0 unspecified atom stereocenters. The highest BCUT2D eigenvalue weighted by Crippen LogP contribution is 2.16. The van der Waals surface area contributed by atoms with Crippen LogP contribution in [0.5, 0.6) is 5.75 Å². The van der Waals surface area contributed by atoms with Crippen molar-refractivity contribution < 1.29 is 23.9 Å². The highest BCUT2D eigenvalue weighted by atomic mass is 79.9. The van der Waals surface area contributed by atoms with Crippen molar-refractivity contribution in [1.29, 1.82) is 0 Å². The quantitative estimate of drug-likeness (QED) is 0.285. The number of aryl methyl sites for hydroxylation is 1. The molecule has 0 aromatic heterocycles. The second-order valence-electron chi connectivity index (χ2n) is 7.37. The number of hydrogen-bond acceptors (Lipinski definition) is 5. The molecule has 3 aromatic rings. The van der Waals surface area contributed by atoms with Gasteiger partial charge < -0.3 is 20.1 Å². The number of ether oxygens (including phenoxy) is 2. The Hall–Kier alpha value is -3.65. The molecule has 0 saturated carbocycles. The fourth-order valence-electron chi connectivity index (χ4n) is 3.08. The average Bonchev–Trinajstić information content (AvgIpc) is 2.83. The predicted octanol–water partition coefficient (Wildman–Crippen LogP) is 5.49. The molecule has 0 spiro atoms. The summed E-state index contributed by atoms with van der Waals surface area (Å²) in [6.07, 6.45) is 0.268. The van der Waals surface area contributed by atoms with E-state index in [9.17, 15) is 14.4 Å². The molecule has 0 saturated heterocycles. The van der Waals surface area contributed by atoms with Gasteiger partial charge in [-0.3, -0.25) is 9.59 Å². The minimum atomic E-state index is -0.795. The minimum absolute atomic E-state index is 0.0394. The van der Waals surface area contributed by atoms with Gasteiger partial charge in [-0.05, 0) is 73.0 Å². The fourth-order valence-corrected chi connectivity index (χ4v) is 3.34. The van der Waals surface area contributed by atoms with Gasteiger partial charge >= 0.3 is 6.16 Å². The normalized spacial score (nSPS) is 10.3. The van der Waals surface area contributed by atoms with Crippen LogP contribution in [-0.4, -0.2) is 24.6 Å². The molecular weight excluding hydrogens is 500 g/mol. The molecule has 3 rings (SSSR count). The van der Waals surface area contributed by atoms with Gasteiger partial charge in [0.1, 0.15) is 5.75 Å². The van der Waals surface area contributed by atoms with Gasteiger partial charge in [0.2, 0.25) is 5.91 Å². The summed E-state index contributed by atoms with van der Waals surface area (Å²) in [6, 6.07) is 21.3. The Morgan fingerprint density at radius 2 is 1.65 bits per heavy atom. The van der Waals surface area contributed by atoms with Crippen LogP contribution in [0, 0.1) is 0 Å². The summed E-state index contributed by atoms with van der Waals surface area (Å²) in [5.41, 5.74) is 2.98. The summed E-state index contributed by atoms with van der Waals surface area (Å²) in [4.78, 5) is 36.1. The number of amides is 2. The van der Waals surface area contributed by atoms with Gasteiger partial charge in [0.25, 0.3) is 5.91 Å². The third-order valence-electron chi connectivity index (χ3n) is 4.81. The van der Waals surface area contributed by atoms with E-state index < -0.39 is 6.16 Å². The van der Waals surface area contributed by atoms with Gasteiger partial charge in [0.15, 0.2) is 0 Å². The van der Waals surface area contributed by atoms with E-state index >= 15 is 0 Å². The Morgan fingerprint density at radius 3 is 2.35 bits per heavy atom. The highest BCUT2D eigenvalue weighted by Gasteiger charge is 2.10. The predicted molar refractivity (Wildman–Crippen MR) is 133 cm³/mol. The lowest BCUT2D eigenvalue weighted by molar-refractivity contribution is -0.121. The molecular formula is C26H25BrN2O5. The number of hydrogen-bond donors (Lipinski definition) is 2. The Morgan fingerprint density at radius 1 is 0.912 bits per heavy atom. The smallest absolute Gasteiger partial charge is 0.434 e. The molecule has 2 amide bonds. The molecule has 176 valence electrons. The Kier molecular flexibility index (Phi) is 9.22. The Balaban J connectivity index is 1.48. The van der Waals surface area contributed by atoms with Crippen LogP contribution in [0.1, 0.15) is 34.8 Å². The summed E-state index contributed by atoms with van der Waals surface area (Å²) in [7, 11) is 0. The lowest BCUT2D eigenvalue weighted by atomic mass is 10.1. The molecule has 2 N–H and O–H groups in total. The lowest BCUT2D eigenvalue weighted by Gasteiger charge is -2.10. The molecule has 0 radical (unpaired) electrons. The van der Waals surface area contributed by atoms with Crippen molar-refractivity contribution in [1.82, 2.24) is 5.32 Å². The Bertz CT molecular complexity index is 1130. The third-order valence-corrected chi connectivity index (χ3v) is 5.34. The van der Waals surface area contributed by atoms with E-state index in [0.717, 1.165) is 15.6 Å². The first-order valence-electron chi connectivity index (χ1n) is 10.8. The topological polar surface area (TPSA) is 93.7 Å². The number of anilines is 1. The first-order chi connectivity index (χ1) is 16.4. The van der Waals surface area contributed by atoms with E-state index in [0.29, 0.717) is 30.6 Å². The molecule has 0 bridgehead atoms. The van der Waals surface area contributed by atoms with Crippen LogP contribution in [0.3, 0.4) is 0 Å². The van der Waals surface area contributed by atoms with Crippen LogP contribution >= 0.6 is 15.9 Å². The van der Waals surface area contributed by atoms with Gasteiger partial charge in [-0.1, -0.05) is 40.2 Å². The van der Waals surface area contributed by atoms with Crippen LogP contribution in [0.4, 0.5) is 10.5 Å². The third kappa shape index (κ3) is 8.04. The summed E-state index contributed by atoms with van der Waals surface area (Å²) in [6.45, 7) is 2.26. The molecule has 3 aromatic carbocycles. The van der Waals surface area contributed by atoms with Crippen molar-refractivity contribution >= 4 is 39.6 Å². The van der Waals surface area contributed by atoms with E-state index in [1.165, 1.54) is 12.1 Å². The van der Waals surface area contributed by atoms with Crippen molar-refractivity contribution in [3.8, 4) is 5.75 Å². The Labute approximate surface area is 206 Å². The summed E-state index contributed by atoms with van der Waals surface area (Å²) < 4.78 is 10.7. The SMILES string of the molecule is CCOC(=O)Oc1ccc(C(=O)Nc2cccc(CNC(=O)CCc3ccc(Br)cc3)c2)cc1. The largest absolute Gasteiger partial charge is 0.513 e. The zero-order chi connectivity index (χ0) is 24.3. The maximum Gasteiger partial charge on any atom is 0.513 e. The molecule has 0 aliphatic rings. The average molecular weight is 525 g/mol. The number of carbonyl (C=O) groups excluding carboxylic acids is 3. The van der Waals surface area contributed by atoms with Gasteiger partial charge in [0.05, 0.1) is 6.61 Å². The second-order valence-corrected chi connectivity index (χ2v) is 8.28. The van der Waals surface area contributed by atoms with Crippen molar-refractivity contribution in [2.75, 3.05) is 11.9 Å². The number of nitrogens with one attached hydrogen (secondary N) is 2. The van der Waals surface area contributed by atoms with Crippen LogP contribution in [0.2, 0.25) is 0 Å². The maximum absolute atomic E-state index is 12.6. The van der Waals surface area contributed by atoms with Gasteiger partial charge in [-0.2, -0.15) is 0 Å². The van der Waals surface area contributed by atoms with Crippen molar-refractivity contribution in [3.05, 3.63) is 94.0 Å². The summed E-state index contributed by atoms with van der Waals surface area (Å²) >= 11 is 3.40. The summed E-state index contributed by atoms with van der Waals surface area (Å²) in [5.74, 6) is -0.0614. The van der Waals surface area contributed by atoms with Crippen LogP contribution < -0.4 is 15.4 Å². The van der Waals surface area contributed by atoms with E-state index in [-0.39, 0.29) is 24.2 Å². The van der Waals surface area contributed by atoms with E-state index in [2.05, 4.69) is 26.6 Å². The lowest BCUT2D eigenvalue weighted by Crippen LogP contribution is -2.23. The van der Waals surface area contributed by atoms with Gasteiger partial charge in [-0.25, -0.2) is 4.79 Å². The molecule has 0 aliphatic heterocycles. The molecule has 0 aliphatic carbocycles. The molecule has 0 heterocycles. The van der Waals surface area contributed by atoms with Gasteiger partial charge in [-0.15, -0.1) is 0 Å². The van der Waals surface area contributed by atoms with Crippen LogP contribution in [0.25, 0.3) is 0 Å². The maximum atomic E-state index is 12.6. The fraction of sp³-hybridized carbons (Fsp3) is 0.192. The molecule has 34 heavy (non-hydrogen) atoms. The first kappa shape index (κ1) is 25.0. The minimum Gasteiger partial charge on any atom is -0.434 e. The van der Waals surface area contributed by atoms with Crippen molar-refractivity contribution in [2.45, 2.75) is 26.3 Å². The number of benzene rings is 3.